The third-order valence-electron chi connectivity index (χ3n) is 3.52. The van der Waals surface area contributed by atoms with Crippen LogP contribution in [0.25, 0.3) is 10.9 Å². The van der Waals surface area contributed by atoms with Gasteiger partial charge >= 0.3 is 0 Å². The maximum Gasteiger partial charge on any atom is 0.204 e. The molecular formula is C17H16ClN3O3. The second-order valence-electron chi connectivity index (χ2n) is 4.90. The van der Waals surface area contributed by atoms with Gasteiger partial charge in [-0.25, -0.2) is 9.97 Å². The standard InChI is InChI=1S/C17H16ClN3O3/c1-22-13-8-12-14(16(24-3)15(13)23-2)17(20-9-19-12)21-11-6-4-5-10(18)7-11/h4-9H,1-3H3,(H,19,20,21). The van der Waals surface area contributed by atoms with Crippen LogP contribution in [0.2, 0.25) is 5.02 Å². The predicted octanol–water partition coefficient (Wildman–Crippen LogP) is 4.05. The van der Waals surface area contributed by atoms with Gasteiger partial charge in [0.2, 0.25) is 5.75 Å². The van der Waals surface area contributed by atoms with Crippen LogP contribution in [-0.2, 0) is 0 Å². The van der Waals surface area contributed by atoms with Crippen molar-refractivity contribution < 1.29 is 14.2 Å². The van der Waals surface area contributed by atoms with Gasteiger partial charge in [-0.05, 0) is 18.2 Å². The van der Waals surface area contributed by atoms with Gasteiger partial charge in [-0.1, -0.05) is 17.7 Å². The highest BCUT2D eigenvalue weighted by atomic mass is 35.5. The minimum absolute atomic E-state index is 0.483. The zero-order valence-electron chi connectivity index (χ0n) is 13.5. The largest absolute Gasteiger partial charge is 0.493 e. The molecule has 0 aliphatic heterocycles. The summed E-state index contributed by atoms with van der Waals surface area (Å²) in [4.78, 5) is 8.63. The fourth-order valence-corrected chi connectivity index (χ4v) is 2.68. The van der Waals surface area contributed by atoms with Crippen LogP contribution in [0.3, 0.4) is 0 Å². The smallest absolute Gasteiger partial charge is 0.204 e. The van der Waals surface area contributed by atoms with Crippen molar-refractivity contribution in [3.05, 3.63) is 41.7 Å². The van der Waals surface area contributed by atoms with Crippen LogP contribution in [0.15, 0.2) is 36.7 Å². The number of aromatic nitrogens is 2. The molecule has 24 heavy (non-hydrogen) atoms. The summed E-state index contributed by atoms with van der Waals surface area (Å²) >= 11 is 6.04. The van der Waals surface area contributed by atoms with Crippen LogP contribution < -0.4 is 19.5 Å². The predicted molar refractivity (Wildman–Crippen MR) is 93.9 cm³/mol. The molecule has 0 bridgehead atoms. The first kappa shape index (κ1) is 16.1. The summed E-state index contributed by atoms with van der Waals surface area (Å²) in [6.45, 7) is 0. The van der Waals surface area contributed by atoms with Crippen LogP contribution in [0.5, 0.6) is 17.2 Å². The number of methoxy groups -OCH3 is 3. The van der Waals surface area contributed by atoms with Crippen LogP contribution >= 0.6 is 11.6 Å². The molecule has 6 nitrogen and oxygen atoms in total. The number of rotatable bonds is 5. The summed E-state index contributed by atoms with van der Waals surface area (Å²) in [7, 11) is 4.68. The Morgan fingerprint density at radius 1 is 0.958 bits per heavy atom. The van der Waals surface area contributed by atoms with E-state index >= 15 is 0 Å². The van der Waals surface area contributed by atoms with Crippen molar-refractivity contribution in [1.82, 2.24) is 9.97 Å². The van der Waals surface area contributed by atoms with Gasteiger partial charge in [-0.2, -0.15) is 0 Å². The summed E-state index contributed by atoms with van der Waals surface area (Å²) in [5.74, 6) is 2.10. The summed E-state index contributed by atoms with van der Waals surface area (Å²) in [6.07, 6.45) is 1.47. The van der Waals surface area contributed by atoms with E-state index in [9.17, 15) is 0 Å². The molecule has 0 fully saturated rings. The van der Waals surface area contributed by atoms with E-state index in [1.54, 1.807) is 33.5 Å². The summed E-state index contributed by atoms with van der Waals surface area (Å²) < 4.78 is 16.3. The van der Waals surface area contributed by atoms with Crippen molar-refractivity contribution >= 4 is 34.0 Å². The average Bonchev–Trinajstić information content (AvgIpc) is 2.60. The first-order valence-corrected chi connectivity index (χ1v) is 7.52. The second kappa shape index (κ2) is 6.80. The number of benzene rings is 2. The number of halogens is 1. The summed E-state index contributed by atoms with van der Waals surface area (Å²) in [5, 5.41) is 4.56. The third-order valence-corrected chi connectivity index (χ3v) is 3.75. The van der Waals surface area contributed by atoms with Gasteiger partial charge in [0.25, 0.3) is 0 Å². The van der Waals surface area contributed by atoms with E-state index in [0.717, 1.165) is 5.69 Å². The SMILES string of the molecule is COc1cc2ncnc(Nc3cccc(Cl)c3)c2c(OC)c1OC. The minimum atomic E-state index is 0.483. The lowest BCUT2D eigenvalue weighted by Crippen LogP contribution is -2.01. The Morgan fingerprint density at radius 2 is 1.75 bits per heavy atom. The Morgan fingerprint density at radius 3 is 2.42 bits per heavy atom. The number of nitrogens with one attached hydrogen (secondary N) is 1. The van der Waals surface area contributed by atoms with E-state index in [-0.39, 0.29) is 0 Å². The van der Waals surface area contributed by atoms with Crippen LogP contribution in [0.4, 0.5) is 11.5 Å². The first-order valence-electron chi connectivity index (χ1n) is 7.14. The molecule has 0 aliphatic rings. The number of fused-ring (bicyclic) bond motifs is 1. The minimum Gasteiger partial charge on any atom is -0.493 e. The molecule has 3 rings (SSSR count). The van der Waals surface area contributed by atoms with Gasteiger partial charge in [0.05, 0.1) is 32.2 Å². The highest BCUT2D eigenvalue weighted by Crippen LogP contribution is 2.45. The highest BCUT2D eigenvalue weighted by Gasteiger charge is 2.20. The van der Waals surface area contributed by atoms with Crippen LogP contribution in [-0.4, -0.2) is 31.3 Å². The fourth-order valence-electron chi connectivity index (χ4n) is 2.49. The summed E-state index contributed by atoms with van der Waals surface area (Å²) in [5.41, 5.74) is 1.48. The number of ether oxygens (including phenoxy) is 3. The van der Waals surface area contributed by atoms with Crippen LogP contribution in [0.1, 0.15) is 0 Å². The zero-order chi connectivity index (χ0) is 17.1. The molecule has 1 heterocycles. The van der Waals surface area contributed by atoms with E-state index in [0.29, 0.717) is 39.0 Å². The van der Waals surface area contributed by atoms with Crippen molar-refractivity contribution in [1.29, 1.82) is 0 Å². The molecule has 0 aliphatic carbocycles. The molecule has 2 aromatic carbocycles. The normalized spacial score (nSPS) is 10.5. The van der Waals surface area contributed by atoms with Gasteiger partial charge in [0, 0.05) is 16.8 Å². The van der Waals surface area contributed by atoms with E-state index in [1.807, 2.05) is 18.2 Å². The van der Waals surface area contributed by atoms with Gasteiger partial charge in [0.1, 0.15) is 12.1 Å². The maximum absolute atomic E-state index is 6.04. The van der Waals surface area contributed by atoms with E-state index < -0.39 is 0 Å². The number of anilines is 2. The lowest BCUT2D eigenvalue weighted by atomic mass is 10.1. The second-order valence-corrected chi connectivity index (χ2v) is 5.33. The Bertz CT molecular complexity index is 886. The number of nitrogens with zero attached hydrogens (tertiary/aromatic N) is 2. The maximum atomic E-state index is 6.04. The monoisotopic (exact) mass is 345 g/mol. The van der Waals surface area contributed by atoms with Crippen molar-refractivity contribution in [2.75, 3.05) is 26.6 Å². The molecule has 1 aromatic heterocycles. The molecule has 0 saturated carbocycles. The van der Waals surface area contributed by atoms with Crippen molar-refractivity contribution in [2.45, 2.75) is 0 Å². The van der Waals surface area contributed by atoms with Gasteiger partial charge in [-0.15, -0.1) is 0 Å². The third kappa shape index (κ3) is 2.88. The topological polar surface area (TPSA) is 65.5 Å². The Labute approximate surface area is 144 Å². The average molecular weight is 346 g/mol. The molecule has 0 saturated heterocycles. The molecule has 0 atom stereocenters. The Hall–Kier alpha value is -2.73. The van der Waals surface area contributed by atoms with E-state index in [2.05, 4.69) is 15.3 Å². The summed E-state index contributed by atoms with van der Waals surface area (Å²) in [6, 6.07) is 9.14. The van der Waals surface area contributed by atoms with E-state index in [1.165, 1.54) is 6.33 Å². The molecule has 0 spiro atoms. The molecular weight excluding hydrogens is 330 g/mol. The van der Waals surface area contributed by atoms with Crippen LogP contribution in [0, 0.1) is 0 Å². The molecule has 124 valence electrons. The van der Waals surface area contributed by atoms with Gasteiger partial charge < -0.3 is 19.5 Å². The van der Waals surface area contributed by atoms with Crippen molar-refractivity contribution in [2.24, 2.45) is 0 Å². The lowest BCUT2D eigenvalue weighted by Gasteiger charge is -2.16. The van der Waals surface area contributed by atoms with E-state index in [4.69, 9.17) is 25.8 Å². The molecule has 0 unspecified atom stereocenters. The molecule has 0 amide bonds. The zero-order valence-corrected chi connectivity index (χ0v) is 14.2. The Kier molecular flexibility index (Phi) is 4.57. The van der Waals surface area contributed by atoms with Gasteiger partial charge in [0.15, 0.2) is 11.5 Å². The number of hydrogen-bond acceptors (Lipinski definition) is 6. The highest BCUT2D eigenvalue weighted by molar-refractivity contribution is 6.30. The molecule has 0 radical (unpaired) electrons. The molecule has 7 heteroatoms. The van der Waals surface area contributed by atoms with Crippen molar-refractivity contribution in [3.63, 3.8) is 0 Å². The quantitative estimate of drug-likeness (QED) is 0.752. The Balaban J connectivity index is 2.21. The fraction of sp³-hybridized carbons (Fsp3) is 0.176. The first-order chi connectivity index (χ1) is 11.7. The molecule has 1 N–H and O–H groups in total. The number of hydrogen-bond donors (Lipinski definition) is 1. The lowest BCUT2D eigenvalue weighted by molar-refractivity contribution is 0.327. The molecule has 3 aromatic rings. The van der Waals surface area contributed by atoms with Gasteiger partial charge in [-0.3, -0.25) is 0 Å². The van der Waals surface area contributed by atoms with Crippen molar-refractivity contribution in [3.8, 4) is 17.2 Å².